The van der Waals surface area contributed by atoms with Crippen LogP contribution in [-0.4, -0.2) is 35.1 Å². The van der Waals surface area contributed by atoms with Gasteiger partial charge in [0.05, 0.1) is 10.3 Å². The van der Waals surface area contributed by atoms with Crippen molar-refractivity contribution in [2.24, 2.45) is 5.41 Å². The summed E-state index contributed by atoms with van der Waals surface area (Å²) in [6.45, 7) is -0.359. The number of carbonyl (C=O) groups is 2. The molecule has 0 unspecified atom stereocenters. The van der Waals surface area contributed by atoms with Gasteiger partial charge in [0.2, 0.25) is 0 Å². The van der Waals surface area contributed by atoms with Crippen molar-refractivity contribution in [2.75, 3.05) is 13.2 Å². The van der Waals surface area contributed by atoms with Crippen LogP contribution < -0.4 is 10.1 Å². The number of rotatable bonds is 7. The van der Waals surface area contributed by atoms with E-state index in [0.717, 1.165) is 19.3 Å². The van der Waals surface area contributed by atoms with Crippen LogP contribution in [0.3, 0.4) is 0 Å². The summed E-state index contributed by atoms with van der Waals surface area (Å²) in [6, 6.07) is 5.77. The van der Waals surface area contributed by atoms with Gasteiger partial charge in [-0.3, -0.25) is 19.7 Å². The van der Waals surface area contributed by atoms with Gasteiger partial charge >= 0.3 is 11.7 Å². The summed E-state index contributed by atoms with van der Waals surface area (Å²) in [5, 5.41) is 22.9. The van der Waals surface area contributed by atoms with Gasteiger partial charge < -0.3 is 15.2 Å². The van der Waals surface area contributed by atoms with Gasteiger partial charge in [-0.25, -0.2) is 0 Å². The van der Waals surface area contributed by atoms with Crippen molar-refractivity contribution >= 4 is 17.6 Å². The summed E-state index contributed by atoms with van der Waals surface area (Å²) in [5.74, 6) is -1.40. The molecule has 2 N–H and O–H groups in total. The van der Waals surface area contributed by atoms with Crippen LogP contribution in [0.15, 0.2) is 24.3 Å². The number of hydrogen-bond donors (Lipinski definition) is 2. The van der Waals surface area contributed by atoms with E-state index in [-0.39, 0.29) is 18.0 Å². The number of amides is 1. The number of nitro groups is 1. The van der Waals surface area contributed by atoms with Crippen LogP contribution >= 0.6 is 0 Å². The standard InChI is InChI=1S/C16H20N2O6/c19-14(10-24-13-7-3-2-6-12(13)18(22)23)17-11-16(15(20)21)8-4-1-5-9-16/h2-3,6-7H,1,4-5,8-11H2,(H,17,19)(H,20,21). The average molecular weight is 336 g/mol. The summed E-state index contributed by atoms with van der Waals surface area (Å²) in [6.07, 6.45) is 3.73. The molecule has 8 nitrogen and oxygen atoms in total. The topological polar surface area (TPSA) is 119 Å². The molecule has 0 bridgehead atoms. The van der Waals surface area contributed by atoms with Crippen molar-refractivity contribution in [1.29, 1.82) is 0 Å². The van der Waals surface area contributed by atoms with Gasteiger partial charge in [-0.2, -0.15) is 0 Å². The maximum Gasteiger partial charge on any atom is 0.311 e. The smallest absolute Gasteiger partial charge is 0.311 e. The second kappa shape index (κ2) is 7.76. The van der Waals surface area contributed by atoms with Gasteiger partial charge in [0.25, 0.3) is 5.91 Å². The Morgan fingerprint density at radius 2 is 1.92 bits per heavy atom. The quantitative estimate of drug-likeness (QED) is 0.581. The van der Waals surface area contributed by atoms with Gasteiger partial charge in [-0.1, -0.05) is 31.4 Å². The van der Waals surface area contributed by atoms with E-state index in [9.17, 15) is 24.8 Å². The molecule has 8 heteroatoms. The van der Waals surface area contributed by atoms with E-state index in [0.29, 0.717) is 12.8 Å². The molecule has 130 valence electrons. The van der Waals surface area contributed by atoms with E-state index < -0.39 is 28.8 Å². The Hall–Kier alpha value is -2.64. The van der Waals surface area contributed by atoms with Crippen LogP contribution in [0.5, 0.6) is 5.75 Å². The molecule has 0 atom stereocenters. The first-order chi connectivity index (χ1) is 11.4. The third-order valence-corrected chi connectivity index (χ3v) is 4.31. The molecule has 1 aliphatic rings. The predicted molar refractivity (Wildman–Crippen MR) is 84.8 cm³/mol. The largest absolute Gasteiger partial charge is 0.481 e. The van der Waals surface area contributed by atoms with E-state index in [4.69, 9.17) is 4.74 Å². The lowest BCUT2D eigenvalue weighted by Gasteiger charge is -2.33. The van der Waals surface area contributed by atoms with Crippen molar-refractivity contribution in [2.45, 2.75) is 32.1 Å². The fourth-order valence-corrected chi connectivity index (χ4v) is 2.89. The minimum Gasteiger partial charge on any atom is -0.481 e. The monoisotopic (exact) mass is 336 g/mol. The fraction of sp³-hybridized carbons (Fsp3) is 0.500. The number of benzene rings is 1. The van der Waals surface area contributed by atoms with Gasteiger partial charge in [-0.15, -0.1) is 0 Å². The lowest BCUT2D eigenvalue weighted by molar-refractivity contribution is -0.385. The van der Waals surface area contributed by atoms with Crippen LogP contribution in [0.1, 0.15) is 32.1 Å². The Kier molecular flexibility index (Phi) is 5.73. The van der Waals surface area contributed by atoms with Crippen molar-refractivity contribution in [3.63, 3.8) is 0 Å². The summed E-state index contributed by atoms with van der Waals surface area (Å²) >= 11 is 0. The number of nitro benzene ring substituents is 1. The molecule has 0 spiro atoms. The molecular formula is C16H20N2O6. The van der Waals surface area contributed by atoms with Gasteiger partial charge in [0.15, 0.2) is 12.4 Å². The number of hydrogen-bond acceptors (Lipinski definition) is 5. The molecule has 0 saturated heterocycles. The highest BCUT2D eigenvalue weighted by molar-refractivity contribution is 5.80. The number of para-hydroxylation sites is 2. The molecule has 0 aromatic heterocycles. The zero-order valence-corrected chi connectivity index (χ0v) is 13.2. The number of nitrogens with one attached hydrogen (secondary N) is 1. The summed E-state index contributed by atoms with van der Waals surface area (Å²) in [7, 11) is 0. The highest BCUT2D eigenvalue weighted by Crippen LogP contribution is 2.36. The van der Waals surface area contributed by atoms with Crippen molar-refractivity contribution < 1.29 is 24.4 Å². The first kappa shape index (κ1) is 17.7. The fourth-order valence-electron chi connectivity index (χ4n) is 2.89. The van der Waals surface area contributed by atoms with Crippen molar-refractivity contribution in [3.8, 4) is 5.75 Å². The molecule has 2 rings (SSSR count). The minimum absolute atomic E-state index is 0.00302. The summed E-state index contributed by atoms with van der Waals surface area (Å²) in [4.78, 5) is 33.7. The van der Waals surface area contributed by atoms with Crippen molar-refractivity contribution in [1.82, 2.24) is 5.32 Å². The number of ether oxygens (including phenoxy) is 1. The van der Waals surface area contributed by atoms with Gasteiger partial charge in [0.1, 0.15) is 0 Å². The molecule has 1 fully saturated rings. The lowest BCUT2D eigenvalue weighted by Crippen LogP contribution is -2.45. The predicted octanol–water partition coefficient (Wildman–Crippen LogP) is 2.12. The highest BCUT2D eigenvalue weighted by Gasteiger charge is 2.39. The molecule has 1 saturated carbocycles. The summed E-state index contributed by atoms with van der Waals surface area (Å²) in [5.41, 5.74) is -1.15. The molecular weight excluding hydrogens is 316 g/mol. The number of carboxylic acid groups (broad SMARTS) is 1. The third kappa shape index (κ3) is 4.21. The molecule has 24 heavy (non-hydrogen) atoms. The molecule has 1 aliphatic carbocycles. The Labute approximate surface area is 139 Å². The number of carboxylic acids is 1. The first-order valence-corrected chi connectivity index (χ1v) is 7.81. The van der Waals surface area contributed by atoms with Crippen LogP contribution in [0.4, 0.5) is 5.69 Å². The normalized spacial score (nSPS) is 16.2. The Balaban J connectivity index is 1.90. The molecule has 0 aliphatic heterocycles. The first-order valence-electron chi connectivity index (χ1n) is 7.81. The molecule has 1 aromatic carbocycles. The van der Waals surface area contributed by atoms with E-state index in [1.54, 1.807) is 6.07 Å². The van der Waals surface area contributed by atoms with Crippen LogP contribution in [0, 0.1) is 15.5 Å². The second-order valence-corrected chi connectivity index (χ2v) is 5.94. The third-order valence-electron chi connectivity index (χ3n) is 4.31. The molecule has 0 radical (unpaired) electrons. The van der Waals surface area contributed by atoms with Gasteiger partial charge in [-0.05, 0) is 18.9 Å². The minimum atomic E-state index is -0.924. The Bertz CT molecular complexity index is 625. The Morgan fingerprint density at radius 3 is 2.54 bits per heavy atom. The van der Waals surface area contributed by atoms with Crippen LogP contribution in [0.2, 0.25) is 0 Å². The maximum atomic E-state index is 11.9. The SMILES string of the molecule is O=C(COc1ccccc1[N+](=O)[O-])NCC1(C(=O)O)CCCCC1. The van der Waals surface area contributed by atoms with Crippen LogP contribution in [0.25, 0.3) is 0 Å². The Morgan fingerprint density at radius 1 is 1.25 bits per heavy atom. The summed E-state index contributed by atoms with van der Waals surface area (Å²) < 4.78 is 5.19. The number of carbonyl (C=O) groups excluding carboxylic acids is 1. The maximum absolute atomic E-state index is 11.9. The second-order valence-electron chi connectivity index (χ2n) is 5.94. The zero-order valence-electron chi connectivity index (χ0n) is 13.2. The average Bonchev–Trinajstić information content (AvgIpc) is 2.59. The lowest BCUT2D eigenvalue weighted by atomic mass is 9.74. The van der Waals surface area contributed by atoms with E-state index in [1.165, 1.54) is 18.2 Å². The molecule has 1 amide bonds. The number of aliphatic carboxylic acids is 1. The van der Waals surface area contributed by atoms with E-state index >= 15 is 0 Å². The highest BCUT2D eigenvalue weighted by atomic mass is 16.6. The van der Waals surface area contributed by atoms with E-state index in [2.05, 4.69) is 5.32 Å². The molecule has 1 aromatic rings. The van der Waals surface area contributed by atoms with Gasteiger partial charge in [0, 0.05) is 12.6 Å². The van der Waals surface area contributed by atoms with Crippen molar-refractivity contribution in [3.05, 3.63) is 34.4 Å². The molecule has 0 heterocycles. The zero-order chi connectivity index (χ0) is 17.6. The van der Waals surface area contributed by atoms with E-state index in [1.807, 2.05) is 0 Å². The van der Waals surface area contributed by atoms with Crippen LogP contribution in [-0.2, 0) is 9.59 Å². The number of nitrogens with zero attached hydrogens (tertiary/aromatic N) is 1.